The fraction of sp³-hybridized carbons (Fsp3) is 0.143. The number of nitrogens with one attached hydrogen (secondary N) is 3. The topological polar surface area (TPSA) is 78.9 Å². The van der Waals surface area contributed by atoms with E-state index in [2.05, 4.69) is 15.6 Å². The number of nitrogens with zero attached hydrogens (tertiary/aromatic N) is 1. The quantitative estimate of drug-likeness (QED) is 0.479. The number of H-pyrrole nitrogens is 1. The Morgan fingerprint density at radius 1 is 0.963 bits per heavy atom. The largest absolute Gasteiger partial charge is 0.361 e. The Labute approximate surface area is 156 Å². The zero-order valence-electron chi connectivity index (χ0n) is 15.0. The number of hydrogen-bond donors (Lipinski definition) is 3. The minimum atomic E-state index is -0.157. The van der Waals surface area contributed by atoms with Crippen molar-refractivity contribution in [3.8, 4) is 0 Å². The first-order valence-corrected chi connectivity index (χ1v) is 8.82. The van der Waals surface area contributed by atoms with Gasteiger partial charge in [-0.15, -0.1) is 0 Å². The van der Waals surface area contributed by atoms with Crippen LogP contribution in [0.15, 0.2) is 60.8 Å². The lowest BCUT2D eigenvalue weighted by Gasteiger charge is -2.09. The highest BCUT2D eigenvalue weighted by atomic mass is 16.2. The molecule has 3 N–H and O–H groups in total. The number of benzene rings is 2. The van der Waals surface area contributed by atoms with E-state index in [-0.39, 0.29) is 11.8 Å². The second-order valence-corrected chi connectivity index (χ2v) is 6.40. The summed E-state index contributed by atoms with van der Waals surface area (Å²) in [6.07, 6.45) is 1.81. The smallest absolute Gasteiger partial charge is 0.267 e. The summed E-state index contributed by atoms with van der Waals surface area (Å²) in [6.45, 7) is 0.713. The van der Waals surface area contributed by atoms with Gasteiger partial charge in [-0.05, 0) is 30.3 Å². The molecule has 2 heterocycles. The molecule has 0 aliphatic rings. The number of rotatable bonds is 5. The van der Waals surface area contributed by atoms with Gasteiger partial charge in [0.15, 0.2) is 0 Å². The van der Waals surface area contributed by atoms with Gasteiger partial charge in [0.1, 0.15) is 5.69 Å². The van der Waals surface area contributed by atoms with E-state index in [4.69, 9.17) is 0 Å². The summed E-state index contributed by atoms with van der Waals surface area (Å²) in [4.78, 5) is 27.9. The highest BCUT2D eigenvalue weighted by molar-refractivity contribution is 6.06. The number of fused-ring (bicyclic) bond motifs is 2. The predicted octanol–water partition coefficient (Wildman–Crippen LogP) is 2.82. The molecule has 2 amide bonds. The molecule has 6 nitrogen and oxygen atoms in total. The number of aromatic nitrogens is 2. The molecule has 0 bridgehead atoms. The van der Waals surface area contributed by atoms with Crippen LogP contribution >= 0.6 is 0 Å². The minimum absolute atomic E-state index is 0.154. The third-order valence-electron chi connectivity index (χ3n) is 4.72. The van der Waals surface area contributed by atoms with Gasteiger partial charge in [0.2, 0.25) is 0 Å². The van der Waals surface area contributed by atoms with E-state index in [1.165, 1.54) is 0 Å². The summed E-state index contributed by atoms with van der Waals surface area (Å²) in [6, 6.07) is 17.2. The number of hydrogen-bond acceptors (Lipinski definition) is 2. The number of aromatic amines is 1. The second-order valence-electron chi connectivity index (χ2n) is 6.40. The second kappa shape index (κ2) is 6.99. The SMILES string of the molecule is Cn1c(C(=O)NCCNC(=O)c2cccc3[nH]ccc23)cc2ccccc21. The molecule has 2 aromatic heterocycles. The zero-order chi connectivity index (χ0) is 18.8. The number of carbonyl (C=O) groups is 2. The first kappa shape index (κ1) is 16.9. The van der Waals surface area contributed by atoms with Gasteiger partial charge in [-0.2, -0.15) is 0 Å². The van der Waals surface area contributed by atoms with Crippen LogP contribution in [0.5, 0.6) is 0 Å². The monoisotopic (exact) mass is 360 g/mol. The first-order valence-electron chi connectivity index (χ1n) is 8.82. The Bertz CT molecular complexity index is 1140. The van der Waals surface area contributed by atoms with Crippen molar-refractivity contribution in [3.05, 3.63) is 72.1 Å². The van der Waals surface area contributed by atoms with Gasteiger partial charge in [0.05, 0.1) is 0 Å². The van der Waals surface area contributed by atoms with E-state index in [1.807, 2.05) is 66.3 Å². The molecule has 0 saturated carbocycles. The van der Waals surface area contributed by atoms with Gasteiger partial charge in [-0.1, -0.05) is 24.3 Å². The molecule has 2 aromatic carbocycles. The summed E-state index contributed by atoms with van der Waals surface area (Å²) in [5.74, 6) is -0.310. The molecule has 0 atom stereocenters. The summed E-state index contributed by atoms with van der Waals surface area (Å²) < 4.78 is 1.87. The highest BCUT2D eigenvalue weighted by Crippen LogP contribution is 2.18. The fourth-order valence-electron chi connectivity index (χ4n) is 3.33. The van der Waals surface area contributed by atoms with Crippen molar-refractivity contribution in [3.63, 3.8) is 0 Å². The van der Waals surface area contributed by atoms with Crippen LogP contribution in [-0.4, -0.2) is 34.5 Å². The van der Waals surface area contributed by atoms with E-state index >= 15 is 0 Å². The molecule has 0 fully saturated rings. The molecule has 6 heteroatoms. The van der Waals surface area contributed by atoms with Crippen LogP contribution in [0.25, 0.3) is 21.8 Å². The van der Waals surface area contributed by atoms with Crippen molar-refractivity contribution >= 4 is 33.6 Å². The third kappa shape index (κ3) is 3.17. The van der Waals surface area contributed by atoms with Gasteiger partial charge in [0.25, 0.3) is 11.8 Å². The van der Waals surface area contributed by atoms with Crippen molar-refractivity contribution < 1.29 is 9.59 Å². The molecule has 4 rings (SSSR count). The van der Waals surface area contributed by atoms with Crippen molar-refractivity contribution in [2.24, 2.45) is 7.05 Å². The molecule has 0 aliphatic heterocycles. The average Bonchev–Trinajstić information content (AvgIpc) is 3.29. The van der Waals surface area contributed by atoms with Crippen LogP contribution < -0.4 is 10.6 Å². The fourth-order valence-corrected chi connectivity index (χ4v) is 3.33. The maximum atomic E-state index is 12.4. The molecule has 136 valence electrons. The van der Waals surface area contributed by atoms with Crippen LogP contribution in [0.3, 0.4) is 0 Å². The van der Waals surface area contributed by atoms with Crippen LogP contribution in [-0.2, 0) is 7.05 Å². The zero-order valence-corrected chi connectivity index (χ0v) is 15.0. The molecular formula is C21H20N4O2. The highest BCUT2D eigenvalue weighted by Gasteiger charge is 2.13. The summed E-state index contributed by atoms with van der Waals surface area (Å²) in [5, 5.41) is 7.62. The Kier molecular flexibility index (Phi) is 4.38. The first-order chi connectivity index (χ1) is 13.1. The number of para-hydroxylation sites is 1. The van der Waals surface area contributed by atoms with Crippen molar-refractivity contribution in [1.82, 2.24) is 20.2 Å². The number of amides is 2. The maximum Gasteiger partial charge on any atom is 0.267 e. The Balaban J connectivity index is 1.35. The van der Waals surface area contributed by atoms with Gasteiger partial charge < -0.3 is 20.2 Å². The van der Waals surface area contributed by atoms with E-state index in [1.54, 1.807) is 6.07 Å². The van der Waals surface area contributed by atoms with Crippen molar-refractivity contribution in [2.45, 2.75) is 0 Å². The Hall–Kier alpha value is -3.54. The van der Waals surface area contributed by atoms with Crippen LogP contribution in [0.4, 0.5) is 0 Å². The molecule has 4 aromatic rings. The van der Waals surface area contributed by atoms with Crippen molar-refractivity contribution in [2.75, 3.05) is 13.1 Å². The lowest BCUT2D eigenvalue weighted by Crippen LogP contribution is -2.35. The van der Waals surface area contributed by atoms with Gasteiger partial charge in [0, 0.05) is 53.7 Å². The van der Waals surface area contributed by atoms with Gasteiger partial charge in [-0.25, -0.2) is 0 Å². The Morgan fingerprint density at radius 2 is 1.74 bits per heavy atom. The van der Waals surface area contributed by atoms with E-state index in [0.29, 0.717) is 24.3 Å². The van der Waals surface area contributed by atoms with Crippen LogP contribution in [0.1, 0.15) is 20.8 Å². The number of carbonyl (C=O) groups excluding carboxylic acids is 2. The molecule has 27 heavy (non-hydrogen) atoms. The van der Waals surface area contributed by atoms with Crippen LogP contribution in [0.2, 0.25) is 0 Å². The molecule has 0 spiro atoms. The summed E-state index contributed by atoms with van der Waals surface area (Å²) in [7, 11) is 1.87. The maximum absolute atomic E-state index is 12.4. The third-order valence-corrected chi connectivity index (χ3v) is 4.72. The molecule has 0 unspecified atom stereocenters. The van der Waals surface area contributed by atoms with Crippen LogP contribution in [0, 0.1) is 0 Å². The van der Waals surface area contributed by atoms with E-state index in [0.717, 1.165) is 21.8 Å². The summed E-state index contributed by atoms with van der Waals surface area (Å²) in [5.41, 5.74) is 3.15. The minimum Gasteiger partial charge on any atom is -0.361 e. The lowest BCUT2D eigenvalue weighted by atomic mass is 10.1. The van der Waals surface area contributed by atoms with Crippen molar-refractivity contribution in [1.29, 1.82) is 0 Å². The van der Waals surface area contributed by atoms with Gasteiger partial charge >= 0.3 is 0 Å². The molecule has 0 radical (unpaired) electrons. The van der Waals surface area contributed by atoms with E-state index in [9.17, 15) is 9.59 Å². The summed E-state index contributed by atoms with van der Waals surface area (Å²) >= 11 is 0. The van der Waals surface area contributed by atoms with Gasteiger partial charge in [-0.3, -0.25) is 9.59 Å². The molecule has 0 aliphatic carbocycles. The molecule has 0 saturated heterocycles. The normalized spacial score (nSPS) is 11.0. The van der Waals surface area contributed by atoms with E-state index < -0.39 is 0 Å². The molecular weight excluding hydrogens is 340 g/mol. The predicted molar refractivity (Wildman–Crippen MR) is 106 cm³/mol. The lowest BCUT2D eigenvalue weighted by molar-refractivity contribution is 0.0924. The average molecular weight is 360 g/mol. The number of aryl methyl sites for hydroxylation is 1. The Morgan fingerprint density at radius 3 is 2.56 bits per heavy atom. The standard InChI is InChI=1S/C21H20N4O2/c1-25-18-8-3-2-5-14(18)13-19(25)21(27)24-12-11-23-20(26)16-6-4-7-17-15(16)9-10-22-17/h2-10,13,22H,11-12H2,1H3,(H,23,26)(H,24,27).